The maximum absolute atomic E-state index is 12.3. The summed E-state index contributed by atoms with van der Waals surface area (Å²) in [4.78, 5) is 3.37. The minimum absolute atomic E-state index is 0. The Morgan fingerprint density at radius 1 is 1.25 bits per heavy atom. The predicted octanol–water partition coefficient (Wildman–Crippen LogP) is 2.55. The molecule has 0 saturated carbocycles. The lowest BCUT2D eigenvalue weighted by atomic mass is 10.2. The molecule has 1 aromatic rings. The van der Waals surface area contributed by atoms with Gasteiger partial charge in [0.05, 0.1) is 5.69 Å². The van der Waals surface area contributed by atoms with Crippen LogP contribution in [0.1, 0.15) is 24.4 Å². The molecule has 1 heterocycles. The van der Waals surface area contributed by atoms with Crippen LogP contribution in [-0.2, 0) is 6.18 Å². The van der Waals surface area contributed by atoms with Crippen LogP contribution in [0.5, 0.6) is 0 Å². The summed E-state index contributed by atoms with van der Waals surface area (Å²) < 4.78 is 36.8. The van der Waals surface area contributed by atoms with Crippen LogP contribution in [0, 0.1) is 0 Å². The molecule has 0 fully saturated rings. The number of pyridine rings is 1. The third-order valence-electron chi connectivity index (χ3n) is 1.62. The number of halogens is 5. The molecule has 16 heavy (non-hydrogen) atoms. The number of nitrogens with zero attached hydrogens (tertiary/aromatic N) is 1. The van der Waals surface area contributed by atoms with Gasteiger partial charge in [-0.15, -0.1) is 24.8 Å². The molecule has 1 rings (SSSR count). The highest BCUT2D eigenvalue weighted by Crippen LogP contribution is 2.29. The molecule has 1 aromatic heterocycles. The first-order valence-corrected chi connectivity index (χ1v) is 3.91. The topological polar surface area (TPSA) is 64.9 Å². The highest BCUT2D eigenvalue weighted by atomic mass is 35.5. The number of rotatable bonds is 1. The summed E-state index contributed by atoms with van der Waals surface area (Å²) in [6.45, 7) is 1.54. The Bertz CT molecular complexity index is 342. The van der Waals surface area contributed by atoms with Crippen molar-refractivity contribution in [2.75, 3.05) is 5.73 Å². The molecule has 0 spiro atoms. The number of anilines is 1. The highest BCUT2D eigenvalue weighted by Gasteiger charge is 2.33. The van der Waals surface area contributed by atoms with E-state index in [4.69, 9.17) is 11.5 Å². The molecule has 94 valence electrons. The number of aromatic nitrogens is 1. The number of nitrogens with two attached hydrogens (primary N) is 2. The molecule has 1 unspecified atom stereocenters. The number of hydrogen-bond acceptors (Lipinski definition) is 3. The van der Waals surface area contributed by atoms with Crippen LogP contribution in [0.3, 0.4) is 0 Å². The van der Waals surface area contributed by atoms with Crippen LogP contribution < -0.4 is 11.5 Å². The lowest BCUT2D eigenvalue weighted by Gasteiger charge is -2.11. The second-order valence-electron chi connectivity index (χ2n) is 3.00. The monoisotopic (exact) mass is 277 g/mol. The smallest absolute Gasteiger partial charge is 0.399 e. The van der Waals surface area contributed by atoms with Crippen molar-refractivity contribution in [1.82, 2.24) is 4.98 Å². The minimum atomic E-state index is -4.49. The van der Waals surface area contributed by atoms with Crippen molar-refractivity contribution < 1.29 is 13.2 Å². The van der Waals surface area contributed by atoms with E-state index in [1.807, 2.05) is 0 Å². The van der Waals surface area contributed by atoms with E-state index in [-0.39, 0.29) is 36.2 Å². The van der Waals surface area contributed by atoms with Gasteiger partial charge in [-0.3, -0.25) is 0 Å². The number of hydrogen-bond donors (Lipinski definition) is 2. The third kappa shape index (κ3) is 4.42. The molecule has 4 N–H and O–H groups in total. The van der Waals surface area contributed by atoms with E-state index < -0.39 is 17.9 Å². The van der Waals surface area contributed by atoms with Crippen LogP contribution >= 0.6 is 24.8 Å². The van der Waals surface area contributed by atoms with Gasteiger partial charge in [-0.05, 0) is 19.1 Å². The molecule has 0 bridgehead atoms. The van der Waals surface area contributed by atoms with E-state index in [1.165, 1.54) is 6.07 Å². The maximum Gasteiger partial charge on any atom is 0.433 e. The molecule has 3 nitrogen and oxygen atoms in total. The first-order chi connectivity index (χ1) is 6.30. The van der Waals surface area contributed by atoms with Crippen molar-refractivity contribution in [3.8, 4) is 0 Å². The Kier molecular flexibility index (Phi) is 6.76. The van der Waals surface area contributed by atoms with E-state index in [1.54, 1.807) is 6.92 Å². The molecule has 0 aliphatic carbocycles. The standard InChI is InChI=1S/C8H10F3N3.2ClH/c1-4(12)6-2-5(13)3-7(14-6)8(9,10)11;;/h2-4H,12H2,1H3,(H2,13,14);2*1H. The van der Waals surface area contributed by atoms with Crippen molar-refractivity contribution in [2.24, 2.45) is 5.73 Å². The molecular weight excluding hydrogens is 266 g/mol. The van der Waals surface area contributed by atoms with Gasteiger partial charge in [-0.1, -0.05) is 0 Å². The van der Waals surface area contributed by atoms with Gasteiger partial charge in [0, 0.05) is 11.7 Å². The molecule has 0 aliphatic rings. The van der Waals surface area contributed by atoms with Crippen molar-refractivity contribution in [2.45, 2.75) is 19.1 Å². The van der Waals surface area contributed by atoms with Crippen LogP contribution in [-0.4, -0.2) is 4.98 Å². The van der Waals surface area contributed by atoms with Crippen molar-refractivity contribution in [3.63, 3.8) is 0 Å². The molecule has 0 radical (unpaired) electrons. The Morgan fingerprint density at radius 3 is 2.12 bits per heavy atom. The van der Waals surface area contributed by atoms with Gasteiger partial charge in [0.15, 0.2) is 0 Å². The molecule has 0 aliphatic heterocycles. The fourth-order valence-corrected chi connectivity index (χ4v) is 0.952. The predicted molar refractivity (Wildman–Crippen MR) is 60.7 cm³/mol. The molecular formula is C8H12Cl2F3N3. The van der Waals surface area contributed by atoms with Crippen LogP contribution in [0.2, 0.25) is 0 Å². The Morgan fingerprint density at radius 2 is 1.75 bits per heavy atom. The molecule has 0 saturated heterocycles. The summed E-state index contributed by atoms with van der Waals surface area (Å²) in [5.74, 6) is 0. The van der Waals surface area contributed by atoms with Gasteiger partial charge >= 0.3 is 6.18 Å². The van der Waals surface area contributed by atoms with E-state index in [9.17, 15) is 13.2 Å². The van der Waals surface area contributed by atoms with Crippen molar-refractivity contribution in [3.05, 3.63) is 23.5 Å². The first-order valence-electron chi connectivity index (χ1n) is 3.91. The first kappa shape index (κ1) is 17.7. The summed E-state index contributed by atoms with van der Waals surface area (Å²) in [5, 5.41) is 0. The highest BCUT2D eigenvalue weighted by molar-refractivity contribution is 5.85. The lowest BCUT2D eigenvalue weighted by molar-refractivity contribution is -0.141. The average Bonchev–Trinajstić information content (AvgIpc) is 2.01. The van der Waals surface area contributed by atoms with Gasteiger partial charge in [-0.25, -0.2) is 4.98 Å². The van der Waals surface area contributed by atoms with E-state index >= 15 is 0 Å². The SMILES string of the molecule is CC(N)c1cc(N)cc(C(F)(F)F)n1.Cl.Cl. The average molecular weight is 278 g/mol. The Balaban J connectivity index is 0. The largest absolute Gasteiger partial charge is 0.433 e. The van der Waals surface area contributed by atoms with Gasteiger partial charge < -0.3 is 11.5 Å². The zero-order chi connectivity index (χ0) is 10.9. The summed E-state index contributed by atoms with van der Waals surface area (Å²) in [6.07, 6.45) is -4.49. The fraction of sp³-hybridized carbons (Fsp3) is 0.375. The second-order valence-corrected chi connectivity index (χ2v) is 3.00. The number of nitrogen functional groups attached to an aromatic ring is 1. The van der Waals surface area contributed by atoms with Crippen molar-refractivity contribution in [1.29, 1.82) is 0 Å². The zero-order valence-corrected chi connectivity index (χ0v) is 9.92. The van der Waals surface area contributed by atoms with E-state index in [2.05, 4.69) is 4.98 Å². The third-order valence-corrected chi connectivity index (χ3v) is 1.62. The number of alkyl halides is 3. The van der Waals surface area contributed by atoms with Crippen LogP contribution in [0.4, 0.5) is 18.9 Å². The van der Waals surface area contributed by atoms with E-state index in [0.29, 0.717) is 0 Å². The second kappa shape index (κ2) is 6.12. The normalized spacial score (nSPS) is 12.3. The van der Waals surface area contributed by atoms with Crippen LogP contribution in [0.15, 0.2) is 12.1 Å². The lowest BCUT2D eigenvalue weighted by Crippen LogP contribution is -2.14. The summed E-state index contributed by atoms with van der Waals surface area (Å²) in [7, 11) is 0. The Labute approximate surface area is 103 Å². The van der Waals surface area contributed by atoms with Gasteiger partial charge in [-0.2, -0.15) is 13.2 Å². The maximum atomic E-state index is 12.3. The molecule has 0 amide bonds. The van der Waals surface area contributed by atoms with E-state index in [0.717, 1.165) is 6.07 Å². The van der Waals surface area contributed by atoms with Gasteiger partial charge in [0.1, 0.15) is 5.69 Å². The molecule has 8 heteroatoms. The fourth-order valence-electron chi connectivity index (χ4n) is 0.952. The van der Waals surface area contributed by atoms with Gasteiger partial charge in [0.2, 0.25) is 0 Å². The summed E-state index contributed by atoms with van der Waals surface area (Å²) in [6, 6.07) is 1.55. The molecule has 1 atom stereocenters. The molecule has 0 aromatic carbocycles. The zero-order valence-electron chi connectivity index (χ0n) is 8.28. The minimum Gasteiger partial charge on any atom is -0.399 e. The summed E-state index contributed by atoms with van der Waals surface area (Å²) >= 11 is 0. The van der Waals surface area contributed by atoms with Gasteiger partial charge in [0.25, 0.3) is 0 Å². The summed E-state index contributed by atoms with van der Waals surface area (Å²) in [5.41, 5.74) is 9.85. The quantitative estimate of drug-likeness (QED) is 0.829. The Hall–Kier alpha value is -0.720. The van der Waals surface area contributed by atoms with Crippen LogP contribution in [0.25, 0.3) is 0 Å². The van der Waals surface area contributed by atoms with Crippen molar-refractivity contribution >= 4 is 30.5 Å².